The molecule has 3 nitrogen and oxygen atoms in total. The van der Waals surface area contributed by atoms with Gasteiger partial charge in [-0.05, 0) is 36.2 Å². The van der Waals surface area contributed by atoms with Gasteiger partial charge in [0, 0.05) is 7.05 Å². The molecule has 3 aromatic rings. The van der Waals surface area contributed by atoms with Gasteiger partial charge in [-0.3, -0.25) is 4.79 Å². The number of fused-ring (bicyclic) bond motifs is 1. The van der Waals surface area contributed by atoms with Crippen LogP contribution in [-0.2, 0) is 18.3 Å². The highest BCUT2D eigenvalue weighted by atomic mass is 35.5. The number of carbonyl (C=O) groups is 1. The summed E-state index contributed by atoms with van der Waals surface area (Å²) in [6, 6.07) is 9.65. The quantitative estimate of drug-likeness (QED) is 0.689. The maximum absolute atomic E-state index is 12.9. The summed E-state index contributed by atoms with van der Waals surface area (Å²) in [4.78, 5) is 17.0. The van der Waals surface area contributed by atoms with Gasteiger partial charge >= 0.3 is 0 Å². The molecule has 0 saturated carbocycles. The first-order valence-electron chi connectivity index (χ1n) is 7.02. The van der Waals surface area contributed by atoms with Crippen molar-refractivity contribution in [2.24, 2.45) is 12.0 Å². The van der Waals surface area contributed by atoms with Crippen molar-refractivity contribution in [2.45, 2.75) is 13.3 Å². The van der Waals surface area contributed by atoms with Gasteiger partial charge in [-0.25, -0.2) is 4.39 Å². The first-order chi connectivity index (χ1) is 11.0. The molecule has 0 aliphatic carbocycles. The summed E-state index contributed by atoms with van der Waals surface area (Å²) >= 11 is 7.62. The number of thiazole rings is 1. The lowest BCUT2D eigenvalue weighted by Crippen LogP contribution is -2.14. The molecule has 6 heteroatoms. The van der Waals surface area contributed by atoms with E-state index in [2.05, 4.69) is 4.99 Å². The highest BCUT2D eigenvalue weighted by Crippen LogP contribution is 2.28. The number of rotatable bonds is 2. The van der Waals surface area contributed by atoms with Crippen LogP contribution in [0.15, 0.2) is 41.4 Å². The fourth-order valence-corrected chi connectivity index (χ4v) is 3.82. The lowest BCUT2D eigenvalue weighted by molar-refractivity contribution is -0.117. The molecule has 118 valence electrons. The third-order valence-corrected chi connectivity index (χ3v) is 5.18. The number of amides is 1. The molecule has 23 heavy (non-hydrogen) atoms. The summed E-state index contributed by atoms with van der Waals surface area (Å²) in [6.45, 7) is 2.00. The molecule has 2 aromatic carbocycles. The minimum atomic E-state index is -0.320. The zero-order valence-corrected chi connectivity index (χ0v) is 14.2. The van der Waals surface area contributed by atoms with Crippen LogP contribution in [-0.4, -0.2) is 10.5 Å². The lowest BCUT2D eigenvalue weighted by Gasteiger charge is -2.01. The zero-order valence-electron chi connectivity index (χ0n) is 12.6. The number of carbonyl (C=O) groups excluding carboxylic acids is 1. The fourth-order valence-electron chi connectivity index (χ4n) is 2.44. The number of aromatic nitrogens is 1. The standard InChI is InChI=1S/C17H14ClFN2OS/c1-10-3-8-13(18)16-15(10)21(2)17(23-16)20-14(22)9-11-4-6-12(19)7-5-11/h3-8H,9H2,1-2H3. The first-order valence-corrected chi connectivity index (χ1v) is 8.22. The highest BCUT2D eigenvalue weighted by molar-refractivity contribution is 7.17. The number of aryl methyl sites for hydroxylation is 2. The van der Waals surface area contributed by atoms with Gasteiger partial charge in [-0.1, -0.05) is 41.1 Å². The van der Waals surface area contributed by atoms with Gasteiger partial charge in [0.1, 0.15) is 5.82 Å². The number of hydrogen-bond acceptors (Lipinski definition) is 2. The van der Waals surface area contributed by atoms with Gasteiger partial charge in [-0.15, -0.1) is 0 Å². The Kier molecular flexibility index (Phi) is 4.33. The second kappa shape index (κ2) is 6.26. The van der Waals surface area contributed by atoms with Crippen molar-refractivity contribution >= 4 is 39.1 Å². The molecule has 1 amide bonds. The van der Waals surface area contributed by atoms with Gasteiger partial charge in [0.05, 0.1) is 21.7 Å². The van der Waals surface area contributed by atoms with Gasteiger partial charge in [0.25, 0.3) is 5.91 Å². The molecule has 0 radical (unpaired) electrons. The third-order valence-electron chi connectivity index (χ3n) is 3.59. The van der Waals surface area contributed by atoms with Crippen molar-refractivity contribution in [2.75, 3.05) is 0 Å². The van der Waals surface area contributed by atoms with Crippen molar-refractivity contribution in [1.29, 1.82) is 0 Å². The Bertz CT molecular complexity index is 957. The molecule has 0 N–H and O–H groups in total. The predicted molar refractivity (Wildman–Crippen MR) is 91.2 cm³/mol. The van der Waals surface area contributed by atoms with E-state index in [9.17, 15) is 9.18 Å². The van der Waals surface area contributed by atoms with Crippen molar-refractivity contribution in [1.82, 2.24) is 4.57 Å². The Balaban J connectivity index is 1.99. The zero-order chi connectivity index (χ0) is 16.6. The third kappa shape index (κ3) is 3.21. The maximum atomic E-state index is 12.9. The Labute approximate surface area is 141 Å². The van der Waals surface area contributed by atoms with Crippen LogP contribution in [0.3, 0.4) is 0 Å². The number of benzene rings is 2. The second-order valence-corrected chi connectivity index (χ2v) is 6.68. The summed E-state index contributed by atoms with van der Waals surface area (Å²) in [6.07, 6.45) is 0.140. The molecule has 0 aliphatic heterocycles. The van der Waals surface area contributed by atoms with Crippen LogP contribution in [0.5, 0.6) is 0 Å². The van der Waals surface area contributed by atoms with Crippen molar-refractivity contribution in [3.63, 3.8) is 0 Å². The molecule has 0 bridgehead atoms. The molecule has 0 fully saturated rings. The van der Waals surface area contributed by atoms with E-state index in [1.54, 1.807) is 12.1 Å². The summed E-state index contributed by atoms with van der Waals surface area (Å²) in [5, 5.41) is 0.652. The lowest BCUT2D eigenvalue weighted by atomic mass is 10.1. The van der Waals surface area contributed by atoms with Crippen LogP contribution in [0.2, 0.25) is 5.02 Å². The van der Waals surface area contributed by atoms with Gasteiger partial charge in [-0.2, -0.15) is 4.99 Å². The molecule has 0 spiro atoms. The first kappa shape index (κ1) is 15.9. The number of halogens is 2. The fraction of sp³-hybridized carbons (Fsp3) is 0.176. The van der Waals surface area contributed by atoms with Gasteiger partial charge < -0.3 is 4.57 Å². The predicted octanol–water partition coefficient (Wildman–Crippen LogP) is 4.01. The van der Waals surface area contributed by atoms with Crippen molar-refractivity contribution < 1.29 is 9.18 Å². The van der Waals surface area contributed by atoms with Crippen LogP contribution in [0.1, 0.15) is 11.1 Å². The largest absolute Gasteiger partial charge is 0.319 e. The summed E-state index contributed by atoms with van der Waals surface area (Å²) < 4.78 is 15.7. The molecule has 0 atom stereocenters. The van der Waals surface area contributed by atoms with E-state index in [1.165, 1.54) is 23.5 Å². The minimum Gasteiger partial charge on any atom is -0.319 e. The van der Waals surface area contributed by atoms with E-state index in [4.69, 9.17) is 11.6 Å². The van der Waals surface area contributed by atoms with E-state index in [-0.39, 0.29) is 18.1 Å². The summed E-state index contributed by atoms with van der Waals surface area (Å²) in [5.41, 5.74) is 2.80. The summed E-state index contributed by atoms with van der Waals surface area (Å²) in [5.74, 6) is -0.591. The molecule has 1 heterocycles. The highest BCUT2D eigenvalue weighted by Gasteiger charge is 2.10. The Morgan fingerprint density at radius 3 is 2.61 bits per heavy atom. The average molecular weight is 349 g/mol. The van der Waals surface area contributed by atoms with Crippen molar-refractivity contribution in [3.8, 4) is 0 Å². The molecular formula is C17H14ClFN2OS. The normalized spacial score (nSPS) is 12.1. The second-order valence-electron chi connectivity index (χ2n) is 5.29. The van der Waals surface area contributed by atoms with Crippen molar-refractivity contribution in [3.05, 3.63) is 63.2 Å². The van der Waals surface area contributed by atoms with Crippen LogP contribution in [0.25, 0.3) is 10.2 Å². The van der Waals surface area contributed by atoms with E-state index in [1.807, 2.05) is 30.7 Å². The topological polar surface area (TPSA) is 34.4 Å². The molecule has 0 unspecified atom stereocenters. The Morgan fingerprint density at radius 2 is 1.96 bits per heavy atom. The van der Waals surface area contributed by atoms with Gasteiger partial charge in [0.2, 0.25) is 0 Å². The molecule has 0 aliphatic rings. The van der Waals surface area contributed by atoms with Gasteiger partial charge in [0.15, 0.2) is 4.80 Å². The minimum absolute atomic E-state index is 0.140. The molecule has 0 saturated heterocycles. The SMILES string of the molecule is Cc1ccc(Cl)c2sc(=NC(=O)Cc3ccc(F)cc3)n(C)c12. The number of nitrogens with zero attached hydrogens (tertiary/aromatic N) is 2. The van der Waals surface area contributed by atoms with Crippen LogP contribution < -0.4 is 4.80 Å². The monoisotopic (exact) mass is 348 g/mol. The Morgan fingerprint density at radius 1 is 1.26 bits per heavy atom. The molecule has 3 rings (SSSR count). The maximum Gasteiger partial charge on any atom is 0.252 e. The Hall–Kier alpha value is -1.98. The smallest absolute Gasteiger partial charge is 0.252 e. The van der Waals surface area contributed by atoms with Crippen LogP contribution in [0, 0.1) is 12.7 Å². The molecule has 1 aromatic heterocycles. The molecular weight excluding hydrogens is 335 g/mol. The van der Waals surface area contributed by atoms with E-state index in [0.29, 0.717) is 9.82 Å². The van der Waals surface area contributed by atoms with E-state index < -0.39 is 0 Å². The van der Waals surface area contributed by atoms with Crippen LogP contribution >= 0.6 is 22.9 Å². The van der Waals surface area contributed by atoms with E-state index >= 15 is 0 Å². The van der Waals surface area contributed by atoms with Crippen LogP contribution in [0.4, 0.5) is 4.39 Å². The number of hydrogen-bond donors (Lipinski definition) is 0. The summed E-state index contributed by atoms with van der Waals surface area (Å²) in [7, 11) is 1.87. The average Bonchev–Trinajstić information content (AvgIpc) is 2.84. The van der Waals surface area contributed by atoms with E-state index in [0.717, 1.165) is 21.3 Å².